The number of urea groups is 1. The number of phenols is 1. The number of esters is 1. The Labute approximate surface area is 171 Å². The Morgan fingerprint density at radius 3 is 2.57 bits per heavy atom. The van der Waals surface area contributed by atoms with Crippen LogP contribution in [0.2, 0.25) is 0 Å². The van der Waals surface area contributed by atoms with Gasteiger partial charge in [-0.3, -0.25) is 10.1 Å². The molecule has 3 N–H and O–H groups in total. The van der Waals surface area contributed by atoms with Crippen molar-refractivity contribution in [2.24, 2.45) is 0 Å². The van der Waals surface area contributed by atoms with Gasteiger partial charge in [-0.05, 0) is 24.1 Å². The Kier molecular flexibility index (Phi) is 5.86. The summed E-state index contributed by atoms with van der Waals surface area (Å²) in [5.41, 5.74) is 0.382. The number of nitro groups is 1. The highest BCUT2D eigenvalue weighted by Crippen LogP contribution is 2.41. The zero-order valence-corrected chi connectivity index (χ0v) is 16.2. The van der Waals surface area contributed by atoms with Crippen LogP contribution in [0.1, 0.15) is 24.1 Å². The molecule has 1 aliphatic rings. The van der Waals surface area contributed by atoms with Crippen molar-refractivity contribution >= 4 is 23.4 Å². The van der Waals surface area contributed by atoms with Crippen LogP contribution in [0.5, 0.6) is 11.5 Å². The number of carbonyl (C=O) groups is 2. The van der Waals surface area contributed by atoms with Crippen molar-refractivity contribution in [3.8, 4) is 11.5 Å². The lowest BCUT2D eigenvalue weighted by Crippen LogP contribution is -2.45. The smallest absolute Gasteiger partial charge is 0.338 e. The molecule has 0 unspecified atom stereocenters. The summed E-state index contributed by atoms with van der Waals surface area (Å²) in [6.07, 6.45) is 0. The fraction of sp³-hybridized carbons (Fsp3) is 0.200. The third-order valence-corrected chi connectivity index (χ3v) is 4.46. The monoisotopic (exact) mass is 413 g/mol. The van der Waals surface area contributed by atoms with Gasteiger partial charge in [0.25, 0.3) is 0 Å². The number of phenolic OH excluding ortho intramolecular Hbond substituents is 1. The van der Waals surface area contributed by atoms with Crippen molar-refractivity contribution in [2.45, 2.75) is 13.0 Å². The van der Waals surface area contributed by atoms with E-state index in [0.29, 0.717) is 5.56 Å². The highest BCUT2D eigenvalue weighted by atomic mass is 16.6. The molecule has 10 nitrogen and oxygen atoms in total. The number of nitro benzene ring substituents is 1. The summed E-state index contributed by atoms with van der Waals surface area (Å²) in [7, 11) is 1.24. The van der Waals surface area contributed by atoms with Crippen molar-refractivity contribution < 1.29 is 29.1 Å². The molecule has 10 heteroatoms. The van der Waals surface area contributed by atoms with E-state index in [1.165, 1.54) is 13.2 Å². The first-order valence-electron chi connectivity index (χ1n) is 8.96. The van der Waals surface area contributed by atoms with E-state index < -0.39 is 34.4 Å². The van der Waals surface area contributed by atoms with E-state index in [1.54, 1.807) is 37.3 Å². The molecule has 1 atom stereocenters. The Morgan fingerprint density at radius 2 is 1.97 bits per heavy atom. The van der Waals surface area contributed by atoms with Gasteiger partial charge in [0, 0.05) is 6.07 Å². The van der Waals surface area contributed by atoms with Crippen LogP contribution in [0.15, 0.2) is 48.0 Å². The molecule has 0 saturated carbocycles. The van der Waals surface area contributed by atoms with Crippen LogP contribution >= 0.6 is 0 Å². The van der Waals surface area contributed by atoms with Crippen molar-refractivity contribution in [1.82, 2.24) is 10.6 Å². The van der Waals surface area contributed by atoms with Gasteiger partial charge < -0.3 is 25.2 Å². The van der Waals surface area contributed by atoms with Crippen LogP contribution in [0.25, 0.3) is 5.70 Å². The molecule has 0 aliphatic carbocycles. The van der Waals surface area contributed by atoms with E-state index in [2.05, 4.69) is 10.6 Å². The first-order valence-corrected chi connectivity index (χ1v) is 8.96. The van der Waals surface area contributed by atoms with E-state index in [9.17, 15) is 24.8 Å². The lowest BCUT2D eigenvalue weighted by atomic mass is 9.92. The normalized spacial score (nSPS) is 15.8. The highest BCUT2D eigenvalue weighted by Gasteiger charge is 2.36. The van der Waals surface area contributed by atoms with E-state index in [4.69, 9.17) is 9.47 Å². The molecule has 156 valence electrons. The van der Waals surface area contributed by atoms with E-state index in [0.717, 1.165) is 6.07 Å². The number of rotatable bonds is 6. The zero-order valence-electron chi connectivity index (χ0n) is 16.2. The fourth-order valence-corrected chi connectivity index (χ4v) is 3.15. The predicted molar refractivity (Wildman–Crippen MR) is 106 cm³/mol. The number of methoxy groups -OCH3 is 1. The van der Waals surface area contributed by atoms with Crippen LogP contribution in [-0.4, -0.2) is 35.7 Å². The summed E-state index contributed by atoms with van der Waals surface area (Å²) in [5, 5.41) is 26.6. The van der Waals surface area contributed by atoms with Crippen LogP contribution in [0, 0.1) is 10.1 Å². The van der Waals surface area contributed by atoms with E-state index >= 15 is 0 Å². The van der Waals surface area contributed by atoms with Gasteiger partial charge in [0.2, 0.25) is 5.75 Å². The molecule has 3 rings (SSSR count). The molecular formula is C20H19N3O7. The van der Waals surface area contributed by atoms with Crippen LogP contribution in [-0.2, 0) is 9.53 Å². The van der Waals surface area contributed by atoms with Gasteiger partial charge in [-0.1, -0.05) is 30.3 Å². The number of nitrogens with zero attached hydrogens (tertiary/aromatic N) is 1. The van der Waals surface area contributed by atoms with Crippen molar-refractivity contribution in [3.05, 3.63) is 69.3 Å². The average molecular weight is 413 g/mol. The van der Waals surface area contributed by atoms with Crippen LogP contribution in [0.3, 0.4) is 0 Å². The predicted octanol–water partition coefficient (Wildman–Crippen LogP) is 2.64. The Balaban J connectivity index is 2.26. The highest BCUT2D eigenvalue weighted by molar-refractivity contribution is 6.04. The fourth-order valence-electron chi connectivity index (χ4n) is 3.15. The molecule has 0 radical (unpaired) electrons. The molecule has 30 heavy (non-hydrogen) atoms. The Morgan fingerprint density at radius 1 is 1.27 bits per heavy atom. The second-order valence-corrected chi connectivity index (χ2v) is 6.25. The second-order valence-electron chi connectivity index (χ2n) is 6.25. The van der Waals surface area contributed by atoms with Crippen molar-refractivity contribution in [2.75, 3.05) is 13.7 Å². The number of hydrogen-bond acceptors (Lipinski definition) is 7. The molecular weight excluding hydrogens is 394 g/mol. The van der Waals surface area contributed by atoms with Gasteiger partial charge in [-0.25, -0.2) is 9.59 Å². The average Bonchev–Trinajstić information content (AvgIpc) is 2.73. The quantitative estimate of drug-likeness (QED) is 0.376. The van der Waals surface area contributed by atoms with Gasteiger partial charge in [-0.2, -0.15) is 0 Å². The van der Waals surface area contributed by atoms with Gasteiger partial charge in [0.1, 0.15) is 0 Å². The summed E-state index contributed by atoms with van der Waals surface area (Å²) in [6, 6.07) is 9.38. The first-order chi connectivity index (χ1) is 14.4. The topological polar surface area (TPSA) is 140 Å². The Bertz CT molecular complexity index is 1030. The minimum absolute atomic E-state index is 0.0599. The number of hydrogen-bond donors (Lipinski definition) is 3. The lowest BCUT2D eigenvalue weighted by molar-refractivity contribution is -0.386. The minimum atomic E-state index is -1.08. The molecule has 2 aromatic carbocycles. The standard InChI is InChI=1S/C20H19N3O7/c1-3-30-19(25)15-16(11-7-5-4-6-8-11)21-20(26)22-17(15)12-9-13(23(27)28)18(24)14(10-12)29-2/h4-10,17,24H,3H2,1-2H3,(H2,21,22,26)/t17-/m1/s1. The molecule has 0 saturated heterocycles. The summed E-state index contributed by atoms with van der Waals surface area (Å²) in [4.78, 5) is 35.8. The van der Waals surface area contributed by atoms with Crippen LogP contribution < -0.4 is 15.4 Å². The molecule has 0 fully saturated rings. The van der Waals surface area contributed by atoms with Gasteiger partial charge in [-0.15, -0.1) is 0 Å². The number of benzene rings is 2. The maximum Gasteiger partial charge on any atom is 0.338 e. The summed E-state index contributed by atoms with van der Waals surface area (Å²) in [6.45, 7) is 1.73. The van der Waals surface area contributed by atoms with Gasteiger partial charge in [0.15, 0.2) is 5.75 Å². The van der Waals surface area contributed by atoms with Gasteiger partial charge >= 0.3 is 17.7 Å². The third-order valence-electron chi connectivity index (χ3n) is 4.46. The maximum absolute atomic E-state index is 12.8. The maximum atomic E-state index is 12.8. The van der Waals surface area contributed by atoms with Crippen LogP contribution in [0.4, 0.5) is 10.5 Å². The molecule has 2 aromatic rings. The molecule has 1 aliphatic heterocycles. The number of nitrogens with one attached hydrogen (secondary N) is 2. The van der Waals surface area contributed by atoms with E-state index in [-0.39, 0.29) is 29.2 Å². The largest absolute Gasteiger partial charge is 0.500 e. The molecule has 0 bridgehead atoms. The van der Waals surface area contributed by atoms with Gasteiger partial charge in [0.05, 0.1) is 36.0 Å². The molecule has 1 heterocycles. The third kappa shape index (κ3) is 3.88. The summed E-state index contributed by atoms with van der Waals surface area (Å²) in [5.74, 6) is -1.53. The number of ether oxygens (including phenoxy) is 2. The van der Waals surface area contributed by atoms with E-state index in [1.807, 2.05) is 0 Å². The molecule has 2 amide bonds. The zero-order chi connectivity index (χ0) is 21.8. The molecule has 0 spiro atoms. The first kappa shape index (κ1) is 20.6. The number of amides is 2. The number of aromatic hydroxyl groups is 1. The number of carbonyl (C=O) groups excluding carboxylic acids is 2. The lowest BCUT2D eigenvalue weighted by Gasteiger charge is -2.29. The van der Waals surface area contributed by atoms with Crippen molar-refractivity contribution in [3.63, 3.8) is 0 Å². The minimum Gasteiger partial charge on any atom is -0.500 e. The summed E-state index contributed by atoms with van der Waals surface area (Å²) >= 11 is 0. The molecule has 0 aromatic heterocycles. The van der Waals surface area contributed by atoms with Crippen molar-refractivity contribution in [1.29, 1.82) is 0 Å². The second kappa shape index (κ2) is 8.52. The SMILES string of the molecule is CCOC(=O)C1=C(c2ccccc2)NC(=O)N[C@@H]1c1cc(OC)c(O)c([N+](=O)[O-])c1. The summed E-state index contributed by atoms with van der Waals surface area (Å²) < 4.78 is 10.2. The Hall–Kier alpha value is -4.08.